The van der Waals surface area contributed by atoms with Crippen molar-refractivity contribution in [2.45, 2.75) is 19.4 Å². The van der Waals surface area contributed by atoms with Crippen molar-refractivity contribution < 1.29 is 4.92 Å². The van der Waals surface area contributed by atoms with Gasteiger partial charge in [0.2, 0.25) is 0 Å². The van der Waals surface area contributed by atoms with Crippen molar-refractivity contribution in [2.75, 3.05) is 24.5 Å². The fraction of sp³-hybridized carbons (Fsp3) is 0.500. The third kappa shape index (κ3) is 2.57. The lowest BCUT2D eigenvalue weighted by atomic mass is 10.1. The fourth-order valence-corrected chi connectivity index (χ4v) is 2.58. The molecule has 0 amide bonds. The van der Waals surface area contributed by atoms with Crippen molar-refractivity contribution in [3.63, 3.8) is 0 Å². The molecule has 0 bridgehead atoms. The first-order chi connectivity index (χ1) is 8.63. The topological polar surface area (TPSA) is 58.4 Å². The predicted molar refractivity (Wildman–Crippen MR) is 72.4 cm³/mol. The van der Waals surface area contributed by atoms with Crippen LogP contribution < -0.4 is 10.2 Å². The Labute approximate surface area is 111 Å². The number of anilines is 1. The molecule has 1 atom stereocenters. The molecule has 1 aliphatic heterocycles. The maximum absolute atomic E-state index is 11.1. The first kappa shape index (κ1) is 13.1. The highest BCUT2D eigenvalue weighted by Crippen LogP contribution is 2.33. The molecule has 18 heavy (non-hydrogen) atoms. The molecule has 1 N–H and O–H groups in total. The SMILES string of the molecule is CCN(c1cc(Cl)ccc1[N+](=O)[O-])C1CCNC1. The summed E-state index contributed by atoms with van der Waals surface area (Å²) in [5, 5.41) is 14.9. The summed E-state index contributed by atoms with van der Waals surface area (Å²) in [7, 11) is 0. The van der Waals surface area contributed by atoms with Crippen molar-refractivity contribution >= 4 is 23.0 Å². The van der Waals surface area contributed by atoms with E-state index in [4.69, 9.17) is 11.6 Å². The predicted octanol–water partition coefficient (Wildman–Crippen LogP) is 2.44. The van der Waals surface area contributed by atoms with Crippen LogP contribution in [0.2, 0.25) is 5.02 Å². The average molecular weight is 270 g/mol. The van der Waals surface area contributed by atoms with E-state index in [-0.39, 0.29) is 10.6 Å². The van der Waals surface area contributed by atoms with Gasteiger partial charge in [0.05, 0.1) is 4.92 Å². The second-order valence-corrected chi connectivity index (χ2v) is 4.76. The first-order valence-corrected chi connectivity index (χ1v) is 6.42. The molecule has 1 fully saturated rings. The molecule has 1 aromatic rings. The van der Waals surface area contributed by atoms with Crippen molar-refractivity contribution in [3.05, 3.63) is 33.3 Å². The smallest absolute Gasteiger partial charge is 0.292 e. The van der Waals surface area contributed by atoms with Gasteiger partial charge in [-0.1, -0.05) is 11.6 Å². The molecular formula is C12H16ClN3O2. The third-order valence-electron chi connectivity index (χ3n) is 3.26. The number of nitrogens with zero attached hydrogens (tertiary/aromatic N) is 2. The molecule has 0 radical (unpaired) electrons. The second kappa shape index (κ2) is 5.54. The van der Waals surface area contributed by atoms with Crippen molar-refractivity contribution in [1.29, 1.82) is 0 Å². The highest BCUT2D eigenvalue weighted by atomic mass is 35.5. The summed E-state index contributed by atoms with van der Waals surface area (Å²) in [5.41, 5.74) is 0.733. The van der Waals surface area contributed by atoms with Gasteiger partial charge in [0.1, 0.15) is 5.69 Å². The maximum Gasteiger partial charge on any atom is 0.292 e. The molecule has 0 aliphatic carbocycles. The number of halogens is 1. The van der Waals surface area contributed by atoms with E-state index < -0.39 is 0 Å². The lowest BCUT2D eigenvalue weighted by molar-refractivity contribution is -0.384. The first-order valence-electron chi connectivity index (χ1n) is 6.04. The molecule has 0 aromatic heterocycles. The van der Waals surface area contributed by atoms with Gasteiger partial charge in [-0.05, 0) is 32.0 Å². The van der Waals surface area contributed by atoms with Gasteiger partial charge in [0.25, 0.3) is 5.69 Å². The van der Waals surface area contributed by atoms with Crippen LogP contribution in [0.3, 0.4) is 0 Å². The van der Waals surface area contributed by atoms with E-state index in [2.05, 4.69) is 10.2 Å². The van der Waals surface area contributed by atoms with Gasteiger partial charge in [-0.15, -0.1) is 0 Å². The van der Waals surface area contributed by atoms with Gasteiger partial charge in [-0.2, -0.15) is 0 Å². The summed E-state index contributed by atoms with van der Waals surface area (Å²) in [4.78, 5) is 12.8. The molecule has 1 unspecified atom stereocenters. The van der Waals surface area contributed by atoms with Gasteiger partial charge < -0.3 is 10.2 Å². The second-order valence-electron chi connectivity index (χ2n) is 4.32. The number of nitro groups is 1. The Morgan fingerprint density at radius 1 is 1.61 bits per heavy atom. The highest BCUT2D eigenvalue weighted by Gasteiger charge is 2.26. The fourth-order valence-electron chi connectivity index (χ4n) is 2.41. The van der Waals surface area contributed by atoms with E-state index in [0.717, 1.165) is 26.1 Å². The highest BCUT2D eigenvalue weighted by molar-refractivity contribution is 6.31. The number of benzene rings is 1. The third-order valence-corrected chi connectivity index (χ3v) is 3.49. The van der Waals surface area contributed by atoms with Gasteiger partial charge in [0, 0.05) is 30.2 Å². The summed E-state index contributed by atoms with van der Waals surface area (Å²) in [6, 6.07) is 5.01. The van der Waals surface area contributed by atoms with Gasteiger partial charge in [-0.25, -0.2) is 0 Å². The van der Waals surface area contributed by atoms with E-state index in [9.17, 15) is 10.1 Å². The summed E-state index contributed by atoms with van der Waals surface area (Å²) in [6.07, 6.45) is 0.998. The van der Waals surface area contributed by atoms with Crippen LogP contribution in [-0.2, 0) is 0 Å². The van der Waals surface area contributed by atoms with Crippen LogP contribution in [0.25, 0.3) is 0 Å². The zero-order valence-corrected chi connectivity index (χ0v) is 11.0. The summed E-state index contributed by atoms with van der Waals surface area (Å²) in [6.45, 7) is 4.55. The Morgan fingerprint density at radius 3 is 2.94 bits per heavy atom. The maximum atomic E-state index is 11.1. The molecule has 1 aliphatic rings. The van der Waals surface area contributed by atoms with E-state index in [1.807, 2.05) is 6.92 Å². The number of hydrogen-bond acceptors (Lipinski definition) is 4. The number of hydrogen-bond donors (Lipinski definition) is 1. The Morgan fingerprint density at radius 2 is 2.39 bits per heavy atom. The Bertz CT molecular complexity index is 447. The van der Waals surface area contributed by atoms with E-state index in [1.165, 1.54) is 6.07 Å². The monoisotopic (exact) mass is 269 g/mol. The number of nitrogens with one attached hydrogen (secondary N) is 1. The standard InChI is InChI=1S/C12H16ClN3O2/c1-2-15(10-5-6-14-8-10)12-7-9(13)3-4-11(12)16(17)18/h3-4,7,10,14H,2,5-6,8H2,1H3. The molecule has 1 saturated heterocycles. The van der Waals surface area contributed by atoms with Crippen LogP contribution in [0.15, 0.2) is 18.2 Å². The number of rotatable bonds is 4. The van der Waals surface area contributed by atoms with Crippen LogP contribution in [0.5, 0.6) is 0 Å². The zero-order chi connectivity index (χ0) is 13.1. The lowest BCUT2D eigenvalue weighted by Gasteiger charge is -2.29. The summed E-state index contributed by atoms with van der Waals surface area (Å²) >= 11 is 5.96. The molecule has 0 saturated carbocycles. The lowest BCUT2D eigenvalue weighted by Crippen LogP contribution is -2.37. The van der Waals surface area contributed by atoms with Crippen molar-refractivity contribution in [3.8, 4) is 0 Å². The molecule has 2 rings (SSSR count). The Balaban J connectivity index is 2.39. The summed E-state index contributed by atoms with van der Waals surface area (Å²) in [5.74, 6) is 0. The van der Waals surface area contributed by atoms with Gasteiger partial charge in [0.15, 0.2) is 0 Å². The Kier molecular flexibility index (Phi) is 4.04. The molecular weight excluding hydrogens is 254 g/mol. The van der Waals surface area contributed by atoms with Crippen molar-refractivity contribution in [1.82, 2.24) is 5.32 Å². The normalized spacial score (nSPS) is 18.9. The van der Waals surface area contributed by atoms with E-state index in [1.54, 1.807) is 12.1 Å². The number of likely N-dealkylation sites (N-methyl/N-ethyl adjacent to an activating group) is 1. The minimum absolute atomic E-state index is 0.119. The quantitative estimate of drug-likeness (QED) is 0.674. The van der Waals surface area contributed by atoms with Crippen molar-refractivity contribution in [2.24, 2.45) is 0 Å². The molecule has 1 heterocycles. The average Bonchev–Trinajstić information content (AvgIpc) is 2.83. The summed E-state index contributed by atoms with van der Waals surface area (Å²) < 4.78 is 0. The minimum Gasteiger partial charge on any atom is -0.362 e. The largest absolute Gasteiger partial charge is 0.362 e. The molecule has 6 heteroatoms. The molecule has 1 aromatic carbocycles. The van der Waals surface area contributed by atoms with Crippen LogP contribution in [-0.4, -0.2) is 30.6 Å². The van der Waals surface area contributed by atoms with Crippen LogP contribution in [0.1, 0.15) is 13.3 Å². The Hall–Kier alpha value is -1.33. The molecule has 98 valence electrons. The number of nitro benzene ring substituents is 1. The molecule has 0 spiro atoms. The molecule has 5 nitrogen and oxygen atoms in total. The van der Waals surface area contributed by atoms with Gasteiger partial charge >= 0.3 is 0 Å². The van der Waals surface area contributed by atoms with E-state index >= 15 is 0 Å². The minimum atomic E-state index is -0.350. The van der Waals surface area contributed by atoms with Crippen LogP contribution in [0.4, 0.5) is 11.4 Å². The van der Waals surface area contributed by atoms with Crippen LogP contribution >= 0.6 is 11.6 Å². The zero-order valence-electron chi connectivity index (χ0n) is 10.2. The van der Waals surface area contributed by atoms with Gasteiger partial charge in [-0.3, -0.25) is 10.1 Å². The van der Waals surface area contributed by atoms with E-state index in [0.29, 0.717) is 16.8 Å². The van der Waals surface area contributed by atoms with Crippen LogP contribution in [0, 0.1) is 10.1 Å².